The Morgan fingerprint density at radius 3 is 2.45 bits per heavy atom. The first-order valence-corrected chi connectivity index (χ1v) is 6.66. The van der Waals surface area contributed by atoms with E-state index in [1.54, 1.807) is 18.2 Å². The molecule has 0 spiro atoms. The lowest BCUT2D eigenvalue weighted by atomic mass is 10.1. The average molecular weight is 308 g/mol. The Morgan fingerprint density at radius 1 is 1.10 bits per heavy atom. The molecule has 0 fully saturated rings. The van der Waals surface area contributed by atoms with Crippen molar-refractivity contribution in [3.63, 3.8) is 0 Å². The zero-order valence-electron chi connectivity index (χ0n) is 10.4. The van der Waals surface area contributed by atoms with Crippen molar-refractivity contribution in [2.45, 2.75) is 6.42 Å². The maximum atomic E-state index is 11.2. The first-order chi connectivity index (χ1) is 9.58. The molecule has 2 aromatic carbocycles. The molecular weight excluding hydrogens is 297 g/mol. The lowest BCUT2D eigenvalue weighted by Crippen LogP contribution is -2.02. The molecule has 0 atom stereocenters. The highest BCUT2D eigenvalue weighted by Crippen LogP contribution is 2.27. The largest absolute Gasteiger partial charge is 0.259 e. The van der Waals surface area contributed by atoms with Crippen molar-refractivity contribution < 1.29 is 4.92 Å². The standard InChI is InChI=1S/C15H11Cl2NO2/c16-14-8-4-7-12(15(14)17)10-13(18(19)20)9-11-5-2-1-3-6-11/h1-8,10H,9H2. The van der Waals surface area contributed by atoms with E-state index in [-0.39, 0.29) is 12.1 Å². The van der Waals surface area contributed by atoms with Gasteiger partial charge in [-0.05, 0) is 11.6 Å². The normalized spacial score (nSPS) is 11.4. The van der Waals surface area contributed by atoms with Crippen molar-refractivity contribution >= 4 is 29.3 Å². The summed E-state index contributed by atoms with van der Waals surface area (Å²) in [6, 6.07) is 14.3. The summed E-state index contributed by atoms with van der Waals surface area (Å²) < 4.78 is 0. The van der Waals surface area contributed by atoms with Gasteiger partial charge in [0.05, 0.1) is 21.4 Å². The zero-order valence-corrected chi connectivity index (χ0v) is 11.9. The van der Waals surface area contributed by atoms with Crippen LogP contribution < -0.4 is 0 Å². The smallest absolute Gasteiger partial charge is 0.251 e. The van der Waals surface area contributed by atoms with Gasteiger partial charge in [-0.25, -0.2) is 0 Å². The number of nitro groups is 1. The third-order valence-electron chi connectivity index (χ3n) is 2.77. The van der Waals surface area contributed by atoms with Gasteiger partial charge in [0.2, 0.25) is 0 Å². The number of halogens is 2. The fourth-order valence-electron chi connectivity index (χ4n) is 1.78. The Kier molecular flexibility index (Phi) is 4.77. The summed E-state index contributed by atoms with van der Waals surface area (Å²) in [6.07, 6.45) is 1.69. The first kappa shape index (κ1) is 14.6. The van der Waals surface area contributed by atoms with Gasteiger partial charge >= 0.3 is 0 Å². The van der Waals surface area contributed by atoms with E-state index in [0.717, 1.165) is 5.56 Å². The summed E-state index contributed by atoms with van der Waals surface area (Å²) in [4.78, 5) is 10.8. The fourth-order valence-corrected chi connectivity index (χ4v) is 2.15. The topological polar surface area (TPSA) is 43.1 Å². The van der Waals surface area contributed by atoms with Crippen LogP contribution in [0.1, 0.15) is 11.1 Å². The number of rotatable bonds is 4. The van der Waals surface area contributed by atoms with E-state index < -0.39 is 4.92 Å². The van der Waals surface area contributed by atoms with Crippen LogP contribution in [0.2, 0.25) is 10.0 Å². The van der Waals surface area contributed by atoms with E-state index >= 15 is 0 Å². The Bertz CT molecular complexity index is 654. The molecular formula is C15H11Cl2NO2. The van der Waals surface area contributed by atoms with Gasteiger partial charge in [-0.1, -0.05) is 65.7 Å². The molecule has 0 aliphatic heterocycles. The molecule has 2 rings (SSSR count). The summed E-state index contributed by atoms with van der Waals surface area (Å²) in [5.41, 5.74) is 1.48. The zero-order chi connectivity index (χ0) is 14.5. The second-order valence-electron chi connectivity index (χ2n) is 4.20. The summed E-state index contributed by atoms with van der Waals surface area (Å²) in [5.74, 6) is 0. The van der Waals surface area contributed by atoms with Gasteiger partial charge in [0.25, 0.3) is 5.70 Å². The van der Waals surface area contributed by atoms with Gasteiger partial charge in [0.15, 0.2) is 0 Å². The predicted molar refractivity (Wildman–Crippen MR) is 81.6 cm³/mol. The molecule has 0 aliphatic carbocycles. The summed E-state index contributed by atoms with van der Waals surface area (Å²) in [5, 5.41) is 11.9. The summed E-state index contributed by atoms with van der Waals surface area (Å²) in [7, 11) is 0. The highest BCUT2D eigenvalue weighted by Gasteiger charge is 2.13. The van der Waals surface area contributed by atoms with Gasteiger partial charge in [0, 0.05) is 11.6 Å². The highest BCUT2D eigenvalue weighted by molar-refractivity contribution is 6.42. The van der Waals surface area contributed by atoms with Crippen molar-refractivity contribution in [1.82, 2.24) is 0 Å². The van der Waals surface area contributed by atoms with Crippen molar-refractivity contribution in [2.24, 2.45) is 0 Å². The lowest BCUT2D eigenvalue weighted by molar-refractivity contribution is -0.425. The second-order valence-corrected chi connectivity index (χ2v) is 4.98. The number of hydrogen-bond acceptors (Lipinski definition) is 2. The van der Waals surface area contributed by atoms with E-state index in [2.05, 4.69) is 0 Å². The number of benzene rings is 2. The van der Waals surface area contributed by atoms with Crippen LogP contribution in [0.15, 0.2) is 54.2 Å². The molecule has 0 aromatic heterocycles. The number of nitrogens with zero attached hydrogens (tertiary/aromatic N) is 1. The molecule has 5 heteroatoms. The van der Waals surface area contributed by atoms with Gasteiger partial charge in [-0.15, -0.1) is 0 Å². The van der Waals surface area contributed by atoms with Crippen LogP contribution in [0.5, 0.6) is 0 Å². The van der Waals surface area contributed by atoms with Gasteiger partial charge in [0.1, 0.15) is 0 Å². The maximum absolute atomic E-state index is 11.2. The fraction of sp³-hybridized carbons (Fsp3) is 0.0667. The van der Waals surface area contributed by atoms with Gasteiger partial charge < -0.3 is 0 Å². The molecule has 20 heavy (non-hydrogen) atoms. The summed E-state index contributed by atoms with van der Waals surface area (Å²) in [6.45, 7) is 0. The molecule has 0 heterocycles. The van der Waals surface area contributed by atoms with Crippen molar-refractivity contribution in [2.75, 3.05) is 0 Å². The van der Waals surface area contributed by atoms with Crippen LogP contribution in [0, 0.1) is 10.1 Å². The van der Waals surface area contributed by atoms with Crippen molar-refractivity contribution in [3.05, 3.63) is 85.5 Å². The molecule has 0 radical (unpaired) electrons. The molecule has 0 aliphatic rings. The summed E-state index contributed by atoms with van der Waals surface area (Å²) >= 11 is 12.0. The molecule has 2 aromatic rings. The minimum Gasteiger partial charge on any atom is -0.259 e. The Morgan fingerprint density at radius 2 is 1.80 bits per heavy atom. The van der Waals surface area contributed by atoms with E-state index in [9.17, 15) is 10.1 Å². The molecule has 0 bridgehead atoms. The SMILES string of the molecule is O=[N+]([O-])C(=Cc1cccc(Cl)c1Cl)Cc1ccccc1. The van der Waals surface area contributed by atoms with Crippen LogP contribution in [0.4, 0.5) is 0 Å². The third-order valence-corrected chi connectivity index (χ3v) is 3.60. The van der Waals surface area contributed by atoms with Crippen LogP contribution in [0.25, 0.3) is 6.08 Å². The predicted octanol–water partition coefficient (Wildman–Crippen LogP) is 4.85. The Hall–Kier alpha value is -1.84. The monoisotopic (exact) mass is 307 g/mol. The van der Waals surface area contributed by atoms with Crippen LogP contribution in [-0.4, -0.2) is 4.92 Å². The maximum Gasteiger partial charge on any atom is 0.251 e. The quantitative estimate of drug-likeness (QED) is 0.598. The molecule has 0 N–H and O–H groups in total. The second kappa shape index (κ2) is 6.55. The lowest BCUT2D eigenvalue weighted by Gasteiger charge is -2.03. The van der Waals surface area contributed by atoms with Gasteiger partial charge in [-0.2, -0.15) is 0 Å². The van der Waals surface area contributed by atoms with E-state index in [4.69, 9.17) is 23.2 Å². The average Bonchev–Trinajstić information content (AvgIpc) is 2.44. The van der Waals surface area contributed by atoms with Crippen LogP contribution in [0.3, 0.4) is 0 Å². The van der Waals surface area contributed by atoms with E-state index in [1.807, 2.05) is 30.3 Å². The number of hydrogen-bond donors (Lipinski definition) is 0. The highest BCUT2D eigenvalue weighted by atomic mass is 35.5. The molecule has 0 saturated carbocycles. The third kappa shape index (κ3) is 3.59. The minimum atomic E-state index is -0.399. The minimum absolute atomic E-state index is 0.0698. The van der Waals surface area contributed by atoms with E-state index in [0.29, 0.717) is 15.6 Å². The van der Waals surface area contributed by atoms with Crippen LogP contribution >= 0.6 is 23.2 Å². The van der Waals surface area contributed by atoms with E-state index in [1.165, 1.54) is 6.08 Å². The Balaban J connectivity index is 2.36. The Labute approximate surface area is 126 Å². The first-order valence-electron chi connectivity index (χ1n) is 5.91. The molecule has 102 valence electrons. The van der Waals surface area contributed by atoms with Crippen molar-refractivity contribution in [3.8, 4) is 0 Å². The molecule has 0 saturated heterocycles. The number of allylic oxidation sites excluding steroid dienone is 1. The van der Waals surface area contributed by atoms with Gasteiger partial charge in [-0.3, -0.25) is 10.1 Å². The van der Waals surface area contributed by atoms with Crippen molar-refractivity contribution in [1.29, 1.82) is 0 Å². The van der Waals surface area contributed by atoms with Crippen LogP contribution in [-0.2, 0) is 6.42 Å². The molecule has 0 unspecified atom stereocenters. The molecule has 3 nitrogen and oxygen atoms in total. The molecule has 0 amide bonds.